The summed E-state index contributed by atoms with van der Waals surface area (Å²) in [5, 5.41) is 3.68. The average molecular weight is 321 g/mol. The zero-order chi connectivity index (χ0) is 16.4. The third kappa shape index (κ3) is 3.87. The Morgan fingerprint density at radius 3 is 2.65 bits per heavy atom. The Bertz CT molecular complexity index is 448. The van der Waals surface area contributed by atoms with E-state index in [-0.39, 0.29) is 5.91 Å². The van der Waals surface area contributed by atoms with Gasteiger partial charge >= 0.3 is 0 Å². The molecule has 3 fully saturated rings. The number of hydrogen-bond acceptors (Lipinski definition) is 3. The molecule has 2 aliphatic heterocycles. The number of amides is 2. The van der Waals surface area contributed by atoms with Crippen LogP contribution in [0.5, 0.6) is 0 Å². The van der Waals surface area contributed by atoms with Crippen LogP contribution in [-0.2, 0) is 9.59 Å². The Morgan fingerprint density at radius 1 is 1.22 bits per heavy atom. The van der Waals surface area contributed by atoms with Crippen LogP contribution in [0.4, 0.5) is 0 Å². The van der Waals surface area contributed by atoms with E-state index in [4.69, 9.17) is 0 Å². The lowest BCUT2D eigenvalue weighted by atomic mass is 9.77. The number of piperidine rings is 2. The Labute approximate surface area is 139 Å². The first-order valence-electron chi connectivity index (χ1n) is 9.27. The van der Waals surface area contributed by atoms with E-state index < -0.39 is 0 Å². The Morgan fingerprint density at radius 2 is 2.00 bits per heavy atom. The van der Waals surface area contributed by atoms with Gasteiger partial charge in [-0.1, -0.05) is 6.42 Å². The Balaban J connectivity index is 1.49. The third-order valence-electron chi connectivity index (χ3n) is 5.98. The summed E-state index contributed by atoms with van der Waals surface area (Å²) in [4.78, 5) is 28.1. The molecule has 0 aromatic rings. The highest BCUT2D eigenvalue weighted by molar-refractivity contribution is 5.79. The highest BCUT2D eigenvalue weighted by Crippen LogP contribution is 2.34. The molecule has 3 unspecified atom stereocenters. The molecule has 3 rings (SSSR count). The number of carbonyl (C=O) groups excluding carboxylic acids is 2. The van der Waals surface area contributed by atoms with Gasteiger partial charge < -0.3 is 15.1 Å². The Hall–Kier alpha value is -1.10. The van der Waals surface area contributed by atoms with Crippen molar-refractivity contribution >= 4 is 11.8 Å². The number of hydrogen-bond donors (Lipinski definition) is 1. The number of fused-ring (bicyclic) bond motifs is 2. The molecule has 2 amide bonds. The maximum Gasteiger partial charge on any atom is 0.225 e. The predicted octanol–water partition coefficient (Wildman–Crippen LogP) is 1.48. The third-order valence-corrected chi connectivity index (χ3v) is 5.98. The number of rotatable bonds is 5. The summed E-state index contributed by atoms with van der Waals surface area (Å²) in [5.74, 6) is 2.13. The minimum absolute atomic E-state index is 0.212. The zero-order valence-electron chi connectivity index (χ0n) is 14.6. The van der Waals surface area contributed by atoms with Gasteiger partial charge in [-0.25, -0.2) is 0 Å². The van der Waals surface area contributed by atoms with E-state index in [1.54, 1.807) is 4.90 Å². The van der Waals surface area contributed by atoms with Gasteiger partial charge in [0.05, 0.1) is 0 Å². The van der Waals surface area contributed by atoms with Crippen molar-refractivity contribution in [3.05, 3.63) is 0 Å². The van der Waals surface area contributed by atoms with Gasteiger partial charge in [-0.2, -0.15) is 0 Å². The van der Waals surface area contributed by atoms with E-state index in [1.807, 2.05) is 14.1 Å². The maximum atomic E-state index is 12.6. The zero-order valence-corrected chi connectivity index (χ0v) is 14.6. The molecule has 2 bridgehead atoms. The van der Waals surface area contributed by atoms with Crippen molar-refractivity contribution in [3.63, 3.8) is 0 Å². The minimum Gasteiger partial charge on any atom is -0.349 e. The first kappa shape index (κ1) is 16.7. The van der Waals surface area contributed by atoms with Gasteiger partial charge in [0.25, 0.3) is 0 Å². The van der Waals surface area contributed by atoms with Crippen LogP contribution >= 0.6 is 0 Å². The average Bonchev–Trinajstić information content (AvgIpc) is 2.47. The molecule has 23 heavy (non-hydrogen) atoms. The molecule has 5 heteroatoms. The van der Waals surface area contributed by atoms with Crippen LogP contribution in [0.2, 0.25) is 0 Å². The summed E-state index contributed by atoms with van der Waals surface area (Å²) in [5.41, 5.74) is 0. The number of nitrogens with one attached hydrogen (secondary N) is 1. The fourth-order valence-electron chi connectivity index (χ4n) is 4.30. The molecule has 130 valence electrons. The topological polar surface area (TPSA) is 52.7 Å². The molecule has 5 nitrogen and oxygen atoms in total. The van der Waals surface area contributed by atoms with Crippen molar-refractivity contribution in [1.29, 1.82) is 0 Å². The summed E-state index contributed by atoms with van der Waals surface area (Å²) >= 11 is 0. The van der Waals surface area contributed by atoms with E-state index >= 15 is 0 Å². The van der Waals surface area contributed by atoms with Crippen LogP contribution in [0, 0.1) is 17.8 Å². The van der Waals surface area contributed by atoms with E-state index in [9.17, 15) is 9.59 Å². The van der Waals surface area contributed by atoms with Gasteiger partial charge in [0.15, 0.2) is 0 Å². The van der Waals surface area contributed by atoms with Crippen molar-refractivity contribution in [2.24, 2.45) is 17.8 Å². The summed E-state index contributed by atoms with van der Waals surface area (Å²) < 4.78 is 0. The minimum atomic E-state index is 0.212. The van der Waals surface area contributed by atoms with Crippen molar-refractivity contribution in [2.45, 2.75) is 51.0 Å². The Kier molecular flexibility index (Phi) is 5.24. The lowest BCUT2D eigenvalue weighted by molar-refractivity contribution is -0.142. The number of likely N-dealkylation sites (tertiary alicyclic amines) is 1. The molecule has 3 atom stereocenters. The van der Waals surface area contributed by atoms with Gasteiger partial charge in [0.2, 0.25) is 11.8 Å². The summed E-state index contributed by atoms with van der Waals surface area (Å²) in [6.45, 7) is 2.90. The largest absolute Gasteiger partial charge is 0.349 e. The maximum absolute atomic E-state index is 12.6. The molecule has 2 saturated heterocycles. The highest BCUT2D eigenvalue weighted by Gasteiger charge is 2.40. The van der Waals surface area contributed by atoms with E-state index in [0.29, 0.717) is 36.1 Å². The molecular weight excluding hydrogens is 290 g/mol. The van der Waals surface area contributed by atoms with Gasteiger partial charge in [-0.3, -0.25) is 9.59 Å². The number of nitrogens with zero attached hydrogens (tertiary/aromatic N) is 2. The van der Waals surface area contributed by atoms with Crippen LogP contribution in [0.1, 0.15) is 44.9 Å². The number of carbonyl (C=O) groups is 2. The molecule has 0 aromatic heterocycles. The SMILES string of the molecule is CN(C)C(=O)CCCC1NCC2CC1CN(C(=O)C1CCC1)C2. The second-order valence-corrected chi connectivity index (χ2v) is 7.93. The van der Waals surface area contributed by atoms with Crippen molar-refractivity contribution in [3.8, 4) is 0 Å². The van der Waals surface area contributed by atoms with E-state index in [0.717, 1.165) is 45.3 Å². The first-order chi connectivity index (χ1) is 11.0. The van der Waals surface area contributed by atoms with Gasteiger partial charge in [-0.05, 0) is 50.5 Å². The van der Waals surface area contributed by atoms with Crippen LogP contribution in [0.3, 0.4) is 0 Å². The molecule has 3 aliphatic rings. The predicted molar refractivity (Wildman–Crippen MR) is 89.9 cm³/mol. The van der Waals surface area contributed by atoms with Crippen molar-refractivity contribution in [1.82, 2.24) is 15.1 Å². The molecule has 0 aromatic carbocycles. The van der Waals surface area contributed by atoms with Crippen LogP contribution in [-0.4, -0.2) is 61.4 Å². The summed E-state index contributed by atoms with van der Waals surface area (Å²) in [7, 11) is 3.63. The second kappa shape index (κ2) is 7.20. The molecule has 1 saturated carbocycles. The molecule has 1 N–H and O–H groups in total. The van der Waals surface area contributed by atoms with Crippen LogP contribution < -0.4 is 5.32 Å². The standard InChI is InChI=1S/C18H31N3O2/c1-20(2)17(22)8-4-7-16-15-9-13(10-19-16)11-21(12-15)18(23)14-5-3-6-14/h13-16,19H,3-12H2,1-2H3. The van der Waals surface area contributed by atoms with Crippen molar-refractivity contribution < 1.29 is 9.59 Å². The molecule has 1 aliphatic carbocycles. The highest BCUT2D eigenvalue weighted by atomic mass is 16.2. The van der Waals surface area contributed by atoms with Gasteiger partial charge in [-0.15, -0.1) is 0 Å². The smallest absolute Gasteiger partial charge is 0.225 e. The van der Waals surface area contributed by atoms with Gasteiger partial charge in [0, 0.05) is 45.6 Å². The summed E-state index contributed by atoms with van der Waals surface area (Å²) in [6, 6.07) is 0.471. The first-order valence-corrected chi connectivity index (χ1v) is 9.27. The second-order valence-electron chi connectivity index (χ2n) is 7.93. The summed E-state index contributed by atoms with van der Waals surface area (Å²) in [6.07, 6.45) is 7.27. The molecule has 0 spiro atoms. The monoisotopic (exact) mass is 321 g/mol. The lowest BCUT2D eigenvalue weighted by Gasteiger charge is -2.47. The molecule has 2 heterocycles. The van der Waals surface area contributed by atoms with Crippen LogP contribution in [0.25, 0.3) is 0 Å². The van der Waals surface area contributed by atoms with Gasteiger partial charge in [0.1, 0.15) is 0 Å². The lowest BCUT2D eigenvalue weighted by Crippen LogP contribution is -2.58. The molecular formula is C18H31N3O2. The fourth-order valence-corrected chi connectivity index (χ4v) is 4.30. The molecule has 0 radical (unpaired) electrons. The van der Waals surface area contributed by atoms with E-state index in [2.05, 4.69) is 10.2 Å². The quantitative estimate of drug-likeness (QED) is 0.834. The van der Waals surface area contributed by atoms with Crippen molar-refractivity contribution in [2.75, 3.05) is 33.7 Å². The fraction of sp³-hybridized carbons (Fsp3) is 0.889. The van der Waals surface area contributed by atoms with E-state index in [1.165, 1.54) is 12.8 Å². The van der Waals surface area contributed by atoms with Crippen LogP contribution in [0.15, 0.2) is 0 Å². The normalized spacial score (nSPS) is 30.7.